The van der Waals surface area contributed by atoms with Gasteiger partial charge in [0.1, 0.15) is 5.65 Å². The van der Waals surface area contributed by atoms with Crippen LogP contribution < -0.4 is 16.2 Å². The molecule has 0 aliphatic rings. The van der Waals surface area contributed by atoms with Gasteiger partial charge < -0.3 is 10.6 Å². The third-order valence-electron chi connectivity index (χ3n) is 3.32. The van der Waals surface area contributed by atoms with E-state index in [1.165, 1.54) is 6.20 Å². The molecule has 3 aromatic heterocycles. The number of anilines is 2. The normalized spacial score (nSPS) is 10.5. The fourth-order valence-corrected chi connectivity index (χ4v) is 2.23. The zero-order valence-corrected chi connectivity index (χ0v) is 12.5. The van der Waals surface area contributed by atoms with E-state index in [1.807, 2.05) is 12.1 Å². The first-order chi connectivity index (χ1) is 11.7. The van der Waals surface area contributed by atoms with Crippen molar-refractivity contribution in [1.82, 2.24) is 14.4 Å². The summed E-state index contributed by atoms with van der Waals surface area (Å²) in [6, 6.07) is 8.56. The molecular formula is C15H14N6O3. The van der Waals surface area contributed by atoms with E-state index in [0.29, 0.717) is 18.7 Å². The molecule has 9 nitrogen and oxygen atoms in total. The van der Waals surface area contributed by atoms with Gasteiger partial charge >= 0.3 is 11.2 Å². The maximum Gasteiger partial charge on any atom is 0.376 e. The van der Waals surface area contributed by atoms with Crippen molar-refractivity contribution in [1.29, 1.82) is 0 Å². The van der Waals surface area contributed by atoms with Crippen LogP contribution in [0, 0.1) is 10.1 Å². The Morgan fingerprint density at radius 3 is 2.62 bits per heavy atom. The van der Waals surface area contributed by atoms with Gasteiger partial charge in [-0.15, -0.1) is 0 Å². The summed E-state index contributed by atoms with van der Waals surface area (Å²) in [5, 5.41) is 17.2. The van der Waals surface area contributed by atoms with E-state index < -0.39 is 16.2 Å². The summed E-state index contributed by atoms with van der Waals surface area (Å²) in [5.41, 5.74) is -0.0525. The zero-order valence-electron chi connectivity index (χ0n) is 12.5. The summed E-state index contributed by atoms with van der Waals surface area (Å²) in [7, 11) is 0. The lowest BCUT2D eigenvalue weighted by Gasteiger charge is -2.09. The van der Waals surface area contributed by atoms with E-state index in [0.717, 1.165) is 10.1 Å². The average molecular weight is 326 g/mol. The van der Waals surface area contributed by atoms with Crippen molar-refractivity contribution in [3.8, 4) is 0 Å². The van der Waals surface area contributed by atoms with Crippen molar-refractivity contribution < 1.29 is 4.92 Å². The highest BCUT2D eigenvalue weighted by atomic mass is 16.6. The molecule has 0 radical (unpaired) electrons. The summed E-state index contributed by atoms with van der Waals surface area (Å²) in [6.07, 6.45) is 4.77. The largest absolute Gasteiger partial charge is 0.383 e. The van der Waals surface area contributed by atoms with Crippen molar-refractivity contribution in [3.63, 3.8) is 0 Å². The molecule has 3 heterocycles. The fraction of sp³-hybridized carbons (Fsp3) is 0.133. The summed E-state index contributed by atoms with van der Waals surface area (Å²) in [5.74, 6) is -0.0345. The van der Waals surface area contributed by atoms with Crippen molar-refractivity contribution in [2.45, 2.75) is 0 Å². The van der Waals surface area contributed by atoms with Crippen LogP contribution in [-0.4, -0.2) is 32.4 Å². The second kappa shape index (κ2) is 6.73. The first-order valence-electron chi connectivity index (χ1n) is 7.20. The molecule has 0 saturated carbocycles. The van der Waals surface area contributed by atoms with Gasteiger partial charge in [0.05, 0.1) is 4.92 Å². The second-order valence-corrected chi connectivity index (χ2v) is 4.89. The summed E-state index contributed by atoms with van der Waals surface area (Å²) >= 11 is 0. The molecule has 0 amide bonds. The van der Waals surface area contributed by atoms with Crippen LogP contribution in [0.3, 0.4) is 0 Å². The van der Waals surface area contributed by atoms with E-state index in [9.17, 15) is 14.9 Å². The van der Waals surface area contributed by atoms with Crippen LogP contribution in [0.15, 0.2) is 53.7 Å². The summed E-state index contributed by atoms with van der Waals surface area (Å²) in [6.45, 7) is 0.857. The lowest BCUT2D eigenvalue weighted by atomic mass is 10.4. The molecular weight excluding hydrogens is 312 g/mol. The lowest BCUT2D eigenvalue weighted by molar-refractivity contribution is -0.385. The van der Waals surface area contributed by atoms with Crippen LogP contribution in [0.5, 0.6) is 0 Å². The van der Waals surface area contributed by atoms with E-state index in [-0.39, 0.29) is 5.82 Å². The number of nitro groups is 1. The van der Waals surface area contributed by atoms with E-state index in [1.54, 1.807) is 30.6 Å². The fourth-order valence-electron chi connectivity index (χ4n) is 2.23. The Kier molecular flexibility index (Phi) is 4.32. The molecule has 0 saturated heterocycles. The minimum absolute atomic E-state index is 0.0345. The highest BCUT2D eigenvalue weighted by molar-refractivity contribution is 5.59. The molecule has 122 valence electrons. The number of fused-ring (bicyclic) bond motifs is 1. The molecule has 0 unspecified atom stereocenters. The van der Waals surface area contributed by atoms with Crippen LogP contribution in [0.4, 0.5) is 17.2 Å². The van der Waals surface area contributed by atoms with Gasteiger partial charge in [-0.05, 0) is 24.3 Å². The van der Waals surface area contributed by atoms with Gasteiger partial charge in [0, 0.05) is 37.4 Å². The molecule has 3 aromatic rings. The third-order valence-corrected chi connectivity index (χ3v) is 3.32. The Labute approximate surface area is 136 Å². The highest BCUT2D eigenvalue weighted by Gasteiger charge is 2.22. The van der Waals surface area contributed by atoms with E-state index in [2.05, 4.69) is 20.6 Å². The van der Waals surface area contributed by atoms with Crippen molar-refractivity contribution in [2.75, 3.05) is 23.7 Å². The number of pyridine rings is 2. The van der Waals surface area contributed by atoms with Gasteiger partial charge in [0.2, 0.25) is 5.82 Å². The molecule has 0 atom stereocenters. The standard InChI is InChI=1S/C15H14N6O3/c22-15-13(21(23)24)14(19-12-3-1-2-10-20(12)15)18-9-8-17-11-4-6-16-7-5-11/h1-7,10,18H,8-9H2,(H,16,17). The van der Waals surface area contributed by atoms with Gasteiger partial charge in [-0.25, -0.2) is 4.98 Å². The first kappa shape index (κ1) is 15.4. The zero-order chi connectivity index (χ0) is 16.9. The van der Waals surface area contributed by atoms with Crippen molar-refractivity contribution >= 4 is 22.8 Å². The molecule has 24 heavy (non-hydrogen) atoms. The number of rotatable bonds is 6. The van der Waals surface area contributed by atoms with Crippen LogP contribution in [-0.2, 0) is 0 Å². The predicted molar refractivity (Wildman–Crippen MR) is 89.3 cm³/mol. The van der Waals surface area contributed by atoms with E-state index in [4.69, 9.17) is 0 Å². The molecule has 0 bridgehead atoms. The third kappa shape index (κ3) is 3.14. The molecule has 0 spiro atoms. The Bertz CT molecular complexity index is 925. The second-order valence-electron chi connectivity index (χ2n) is 4.89. The molecule has 0 fully saturated rings. The van der Waals surface area contributed by atoms with Gasteiger partial charge in [-0.2, -0.15) is 0 Å². The molecule has 2 N–H and O–H groups in total. The SMILES string of the molecule is O=c1c([N+](=O)[O-])c(NCCNc2ccncc2)nc2ccccn12. The van der Waals surface area contributed by atoms with Gasteiger partial charge in [-0.3, -0.25) is 24.3 Å². The Balaban J connectivity index is 1.79. The maximum atomic E-state index is 12.3. The minimum Gasteiger partial charge on any atom is -0.383 e. The average Bonchev–Trinajstić information content (AvgIpc) is 2.59. The van der Waals surface area contributed by atoms with Crippen molar-refractivity contribution in [2.24, 2.45) is 0 Å². The number of hydrogen-bond acceptors (Lipinski definition) is 7. The quantitative estimate of drug-likeness (QED) is 0.401. The Hall–Kier alpha value is -3.49. The Morgan fingerprint density at radius 1 is 1.12 bits per heavy atom. The topological polar surface area (TPSA) is 114 Å². The summed E-state index contributed by atoms with van der Waals surface area (Å²) in [4.78, 5) is 30.9. The first-order valence-corrected chi connectivity index (χ1v) is 7.20. The number of hydrogen-bond donors (Lipinski definition) is 2. The highest BCUT2D eigenvalue weighted by Crippen LogP contribution is 2.17. The van der Waals surface area contributed by atoms with Crippen LogP contribution in [0.25, 0.3) is 5.65 Å². The Morgan fingerprint density at radius 2 is 1.88 bits per heavy atom. The number of nitrogens with zero attached hydrogens (tertiary/aromatic N) is 4. The molecule has 0 aliphatic carbocycles. The monoisotopic (exact) mass is 326 g/mol. The van der Waals surface area contributed by atoms with Crippen LogP contribution in [0.1, 0.15) is 0 Å². The molecule has 3 rings (SSSR count). The number of aromatic nitrogens is 3. The minimum atomic E-state index is -0.715. The van der Waals surface area contributed by atoms with E-state index >= 15 is 0 Å². The van der Waals surface area contributed by atoms with Gasteiger partial charge in [0.15, 0.2) is 0 Å². The molecule has 9 heteroatoms. The molecule has 0 aromatic carbocycles. The van der Waals surface area contributed by atoms with Crippen molar-refractivity contribution in [3.05, 3.63) is 69.4 Å². The molecule has 0 aliphatic heterocycles. The van der Waals surface area contributed by atoms with Gasteiger partial charge in [-0.1, -0.05) is 6.07 Å². The number of nitrogens with one attached hydrogen (secondary N) is 2. The van der Waals surface area contributed by atoms with Crippen LogP contribution >= 0.6 is 0 Å². The van der Waals surface area contributed by atoms with Gasteiger partial charge in [0.25, 0.3) is 0 Å². The smallest absolute Gasteiger partial charge is 0.376 e. The van der Waals surface area contributed by atoms with Crippen LogP contribution in [0.2, 0.25) is 0 Å². The maximum absolute atomic E-state index is 12.3. The predicted octanol–water partition coefficient (Wildman–Crippen LogP) is 1.52. The summed E-state index contributed by atoms with van der Waals surface area (Å²) < 4.78 is 1.15. The lowest BCUT2D eigenvalue weighted by Crippen LogP contribution is -2.23.